The highest BCUT2D eigenvalue weighted by Gasteiger charge is 2.29. The van der Waals surface area contributed by atoms with E-state index in [1.807, 2.05) is 16.6 Å². The zero-order valence-electron chi connectivity index (χ0n) is 14.1. The molecule has 1 aliphatic heterocycles. The molecule has 3 heterocycles. The predicted molar refractivity (Wildman–Crippen MR) is 85.3 cm³/mol. The maximum atomic E-state index is 12.6. The molecule has 1 fully saturated rings. The van der Waals surface area contributed by atoms with E-state index in [-0.39, 0.29) is 5.91 Å². The standard InChI is InChI=1S/C17H22N4O3/c1-11-14(9-24-19-11)17(22)21-6-5-13-15(10-23-8-12-3-4-12)18-20(2)16(13)7-21/h9,12H,3-8,10H2,1-2H3. The monoisotopic (exact) mass is 330 g/mol. The van der Waals surface area contributed by atoms with Crippen molar-refractivity contribution >= 4 is 5.91 Å². The van der Waals surface area contributed by atoms with Gasteiger partial charge in [-0.3, -0.25) is 9.48 Å². The van der Waals surface area contributed by atoms with Gasteiger partial charge in [0.1, 0.15) is 11.8 Å². The first kappa shape index (κ1) is 15.4. The second-order valence-electron chi connectivity index (χ2n) is 6.74. The number of amides is 1. The second-order valence-corrected chi connectivity index (χ2v) is 6.74. The minimum Gasteiger partial charge on any atom is -0.375 e. The lowest BCUT2D eigenvalue weighted by Gasteiger charge is -2.27. The van der Waals surface area contributed by atoms with Crippen LogP contribution in [0.5, 0.6) is 0 Å². The molecule has 0 aromatic carbocycles. The molecule has 2 aliphatic rings. The van der Waals surface area contributed by atoms with Gasteiger partial charge in [0.15, 0.2) is 0 Å². The van der Waals surface area contributed by atoms with Crippen LogP contribution in [0.1, 0.15) is 45.8 Å². The van der Waals surface area contributed by atoms with Crippen molar-refractivity contribution in [2.24, 2.45) is 13.0 Å². The van der Waals surface area contributed by atoms with Crippen LogP contribution in [-0.2, 0) is 31.4 Å². The maximum Gasteiger partial charge on any atom is 0.259 e. The van der Waals surface area contributed by atoms with Gasteiger partial charge in [0, 0.05) is 25.8 Å². The lowest BCUT2D eigenvalue weighted by Crippen LogP contribution is -2.36. The maximum absolute atomic E-state index is 12.6. The number of aryl methyl sites for hydroxylation is 2. The molecule has 0 saturated heterocycles. The Morgan fingerprint density at radius 2 is 2.29 bits per heavy atom. The van der Waals surface area contributed by atoms with Crippen molar-refractivity contribution < 1.29 is 14.1 Å². The quantitative estimate of drug-likeness (QED) is 0.836. The highest BCUT2D eigenvalue weighted by molar-refractivity contribution is 5.94. The van der Waals surface area contributed by atoms with Crippen molar-refractivity contribution in [3.8, 4) is 0 Å². The number of rotatable bonds is 5. The molecule has 4 rings (SSSR count). The van der Waals surface area contributed by atoms with Crippen molar-refractivity contribution in [3.63, 3.8) is 0 Å². The Kier molecular flexibility index (Phi) is 3.88. The summed E-state index contributed by atoms with van der Waals surface area (Å²) in [6, 6.07) is 0. The smallest absolute Gasteiger partial charge is 0.259 e. The molecule has 0 spiro atoms. The Hall–Kier alpha value is -2.15. The van der Waals surface area contributed by atoms with Gasteiger partial charge in [-0.1, -0.05) is 5.16 Å². The van der Waals surface area contributed by atoms with Crippen molar-refractivity contribution in [2.75, 3.05) is 13.2 Å². The third-order valence-corrected chi connectivity index (χ3v) is 4.89. The van der Waals surface area contributed by atoms with Crippen molar-refractivity contribution in [1.29, 1.82) is 0 Å². The highest BCUT2D eigenvalue weighted by Crippen LogP contribution is 2.30. The molecule has 0 radical (unpaired) electrons. The Labute approximate surface area is 140 Å². The van der Waals surface area contributed by atoms with Crippen molar-refractivity contribution in [2.45, 2.75) is 39.3 Å². The summed E-state index contributed by atoms with van der Waals surface area (Å²) < 4.78 is 12.6. The fourth-order valence-electron chi connectivity index (χ4n) is 3.22. The van der Waals surface area contributed by atoms with Crippen LogP contribution in [0.2, 0.25) is 0 Å². The fourth-order valence-corrected chi connectivity index (χ4v) is 3.22. The number of fused-ring (bicyclic) bond motifs is 1. The molecule has 0 unspecified atom stereocenters. The zero-order chi connectivity index (χ0) is 16.7. The largest absolute Gasteiger partial charge is 0.375 e. The number of hydrogen-bond donors (Lipinski definition) is 0. The average Bonchev–Trinajstić information content (AvgIpc) is 3.22. The van der Waals surface area contributed by atoms with E-state index >= 15 is 0 Å². The van der Waals surface area contributed by atoms with E-state index in [0.29, 0.717) is 31.0 Å². The van der Waals surface area contributed by atoms with Crippen LogP contribution in [0, 0.1) is 12.8 Å². The van der Waals surface area contributed by atoms with Crippen LogP contribution in [0.25, 0.3) is 0 Å². The van der Waals surface area contributed by atoms with Crippen LogP contribution >= 0.6 is 0 Å². The molecule has 7 heteroatoms. The molecule has 128 valence electrons. The van der Waals surface area contributed by atoms with Gasteiger partial charge < -0.3 is 14.2 Å². The predicted octanol–water partition coefficient (Wildman–Crippen LogP) is 1.84. The van der Waals surface area contributed by atoms with Crippen LogP contribution in [-0.4, -0.2) is 38.9 Å². The van der Waals surface area contributed by atoms with Gasteiger partial charge in [0.2, 0.25) is 0 Å². The summed E-state index contributed by atoms with van der Waals surface area (Å²) in [6.45, 7) is 4.43. The van der Waals surface area contributed by atoms with E-state index < -0.39 is 0 Å². The van der Waals surface area contributed by atoms with Gasteiger partial charge in [-0.05, 0) is 32.1 Å². The molecule has 2 aromatic heterocycles. The molecule has 2 aromatic rings. The second kappa shape index (κ2) is 6.05. The first-order valence-electron chi connectivity index (χ1n) is 8.45. The van der Waals surface area contributed by atoms with Crippen LogP contribution in [0.4, 0.5) is 0 Å². The van der Waals surface area contributed by atoms with E-state index in [1.54, 1.807) is 6.92 Å². The summed E-state index contributed by atoms with van der Waals surface area (Å²) in [4.78, 5) is 14.5. The van der Waals surface area contributed by atoms with E-state index in [9.17, 15) is 4.79 Å². The molecular formula is C17H22N4O3. The Morgan fingerprint density at radius 3 is 3.00 bits per heavy atom. The zero-order valence-corrected chi connectivity index (χ0v) is 14.1. The minimum atomic E-state index is -0.0351. The van der Waals surface area contributed by atoms with Gasteiger partial charge in [0.25, 0.3) is 5.91 Å². The molecular weight excluding hydrogens is 308 g/mol. The molecule has 1 amide bonds. The summed E-state index contributed by atoms with van der Waals surface area (Å²) in [5.41, 5.74) is 4.51. The molecule has 0 bridgehead atoms. The fraction of sp³-hybridized carbons (Fsp3) is 0.588. The van der Waals surface area contributed by atoms with Crippen LogP contribution < -0.4 is 0 Å². The molecule has 0 atom stereocenters. The lowest BCUT2D eigenvalue weighted by atomic mass is 10.0. The van der Waals surface area contributed by atoms with Crippen LogP contribution in [0.3, 0.4) is 0 Å². The number of nitrogens with zero attached hydrogens (tertiary/aromatic N) is 4. The molecule has 7 nitrogen and oxygen atoms in total. The van der Waals surface area contributed by atoms with Gasteiger partial charge in [-0.25, -0.2) is 0 Å². The summed E-state index contributed by atoms with van der Waals surface area (Å²) >= 11 is 0. The Morgan fingerprint density at radius 1 is 1.46 bits per heavy atom. The summed E-state index contributed by atoms with van der Waals surface area (Å²) in [5.74, 6) is 0.719. The Bertz CT molecular complexity index is 760. The first-order chi connectivity index (χ1) is 11.6. The number of hydrogen-bond acceptors (Lipinski definition) is 5. The molecule has 0 N–H and O–H groups in total. The average molecular weight is 330 g/mol. The van der Waals surface area contributed by atoms with Gasteiger partial charge in [-0.15, -0.1) is 0 Å². The van der Waals surface area contributed by atoms with E-state index in [4.69, 9.17) is 9.26 Å². The summed E-state index contributed by atoms with van der Waals surface area (Å²) in [7, 11) is 1.93. The summed E-state index contributed by atoms with van der Waals surface area (Å²) in [6.07, 6.45) is 4.81. The Balaban J connectivity index is 1.47. The van der Waals surface area contributed by atoms with E-state index in [0.717, 1.165) is 30.3 Å². The van der Waals surface area contributed by atoms with E-state index in [2.05, 4.69) is 10.3 Å². The summed E-state index contributed by atoms with van der Waals surface area (Å²) in [5, 5.41) is 8.40. The topological polar surface area (TPSA) is 73.4 Å². The van der Waals surface area contributed by atoms with E-state index in [1.165, 1.54) is 24.7 Å². The number of carbonyl (C=O) groups excluding carboxylic acids is 1. The minimum absolute atomic E-state index is 0.0351. The van der Waals surface area contributed by atoms with Crippen molar-refractivity contribution in [3.05, 3.63) is 34.5 Å². The SMILES string of the molecule is Cc1nocc1C(=O)N1CCc2c(COCC3CC3)nn(C)c2C1. The molecule has 1 aliphatic carbocycles. The first-order valence-corrected chi connectivity index (χ1v) is 8.45. The molecule has 24 heavy (non-hydrogen) atoms. The highest BCUT2D eigenvalue weighted by atomic mass is 16.5. The number of aromatic nitrogens is 3. The third-order valence-electron chi connectivity index (χ3n) is 4.89. The van der Waals surface area contributed by atoms with Gasteiger partial charge in [0.05, 0.1) is 30.2 Å². The third kappa shape index (κ3) is 2.84. The lowest BCUT2D eigenvalue weighted by molar-refractivity contribution is 0.0728. The number of ether oxygens (including phenoxy) is 1. The van der Waals surface area contributed by atoms with Gasteiger partial charge in [-0.2, -0.15) is 5.10 Å². The van der Waals surface area contributed by atoms with Crippen molar-refractivity contribution in [1.82, 2.24) is 19.8 Å². The van der Waals surface area contributed by atoms with Gasteiger partial charge >= 0.3 is 0 Å². The number of carbonyl (C=O) groups is 1. The van der Waals surface area contributed by atoms with Crippen LogP contribution in [0.15, 0.2) is 10.8 Å². The normalized spacial score (nSPS) is 17.2. The molecule has 1 saturated carbocycles.